The molecule has 0 aliphatic carbocycles. The van der Waals surface area contributed by atoms with Crippen molar-refractivity contribution in [2.75, 3.05) is 47.5 Å². The maximum absolute atomic E-state index is 11.8. The molecule has 0 saturated heterocycles. The van der Waals surface area contributed by atoms with Crippen molar-refractivity contribution in [2.45, 2.75) is 64.1 Å². The first-order valence-corrected chi connectivity index (χ1v) is 15.4. The number of hydrogen-bond donors (Lipinski definition) is 2. The van der Waals surface area contributed by atoms with Gasteiger partial charge in [0.1, 0.15) is 32.0 Å². The minimum atomic E-state index is -4.53. The second-order valence-corrected chi connectivity index (χ2v) is 11.6. The molecule has 0 bridgehead atoms. The number of esters is 1. The smallest absolute Gasteiger partial charge is 0.306 e. The number of carbonyl (C=O) groups excluding carboxylic acids is 1. The Morgan fingerprint density at radius 2 is 1.54 bits per heavy atom. The number of carbonyl (C=O) groups is 1. The number of aliphatic hydroxyl groups is 1. The van der Waals surface area contributed by atoms with Crippen molar-refractivity contribution in [2.24, 2.45) is 0 Å². The average molecular weight is 600 g/mol. The van der Waals surface area contributed by atoms with E-state index in [0.717, 1.165) is 25.7 Å². The number of quaternary nitrogens is 1. The largest absolute Gasteiger partial charge is 0.756 e. The predicted molar refractivity (Wildman–Crippen MR) is 160 cm³/mol. The lowest BCUT2D eigenvalue weighted by atomic mass is 10.2. The van der Waals surface area contributed by atoms with E-state index < -0.39 is 26.5 Å². The zero-order valence-electron chi connectivity index (χ0n) is 25.0. The van der Waals surface area contributed by atoms with Crippen LogP contribution in [-0.4, -0.2) is 80.5 Å². The van der Waals surface area contributed by atoms with Gasteiger partial charge in [-0.2, -0.15) is 0 Å². The van der Waals surface area contributed by atoms with Gasteiger partial charge in [0.25, 0.3) is 7.82 Å². The maximum atomic E-state index is 11.8. The zero-order chi connectivity index (χ0) is 30.8. The summed E-state index contributed by atoms with van der Waals surface area (Å²) < 4.78 is 26.6. The Bertz CT molecular complexity index is 904. The molecule has 41 heavy (non-hydrogen) atoms. The van der Waals surface area contributed by atoms with Crippen molar-refractivity contribution in [3.63, 3.8) is 0 Å². The van der Waals surface area contributed by atoms with E-state index in [1.54, 1.807) is 0 Å². The fraction of sp³-hybridized carbons (Fsp3) is 0.567. The Morgan fingerprint density at radius 3 is 2.15 bits per heavy atom. The highest BCUT2D eigenvalue weighted by atomic mass is 31.2. The first-order chi connectivity index (χ1) is 19.5. The number of hydrogen-bond acceptors (Lipinski definition) is 9. The molecule has 1 unspecified atom stereocenters. The fourth-order valence-corrected chi connectivity index (χ4v) is 3.62. The van der Waals surface area contributed by atoms with Crippen LogP contribution in [0.25, 0.3) is 0 Å². The van der Waals surface area contributed by atoms with Crippen molar-refractivity contribution >= 4 is 13.8 Å². The molecular formula is C30H50NO9P. The summed E-state index contributed by atoms with van der Waals surface area (Å²) in [5.74, 6) is -0.492. The maximum Gasteiger partial charge on any atom is 0.306 e. The minimum absolute atomic E-state index is 0.0329. The van der Waals surface area contributed by atoms with Gasteiger partial charge in [-0.1, -0.05) is 79.8 Å². The molecule has 234 valence electrons. The van der Waals surface area contributed by atoms with Crippen LogP contribution in [0.1, 0.15) is 51.9 Å². The number of nitrogens with zero attached hydrogens (tertiary/aromatic N) is 1. The summed E-state index contributed by atoms with van der Waals surface area (Å²) in [5, 5.41) is 18.7. The molecule has 0 aromatic carbocycles. The number of rotatable bonds is 24. The lowest BCUT2D eigenvalue weighted by molar-refractivity contribution is -0.870. The summed E-state index contributed by atoms with van der Waals surface area (Å²) in [4.78, 5) is 27.9. The van der Waals surface area contributed by atoms with Gasteiger partial charge in [-0.25, -0.2) is 4.89 Å². The minimum Gasteiger partial charge on any atom is -0.756 e. The van der Waals surface area contributed by atoms with Crippen LogP contribution in [0.4, 0.5) is 0 Å². The van der Waals surface area contributed by atoms with Crippen molar-refractivity contribution in [3.8, 4) is 0 Å². The molecule has 0 saturated carbocycles. The van der Waals surface area contributed by atoms with Crippen LogP contribution in [0.15, 0.2) is 72.9 Å². The lowest BCUT2D eigenvalue weighted by Crippen LogP contribution is -2.37. The van der Waals surface area contributed by atoms with Gasteiger partial charge >= 0.3 is 5.97 Å². The first-order valence-electron chi connectivity index (χ1n) is 14.0. The van der Waals surface area contributed by atoms with Gasteiger partial charge < -0.3 is 28.3 Å². The third-order valence-electron chi connectivity index (χ3n) is 5.18. The van der Waals surface area contributed by atoms with Crippen LogP contribution in [0.5, 0.6) is 0 Å². The Balaban J connectivity index is 3.91. The highest BCUT2D eigenvalue weighted by molar-refractivity contribution is 7.45. The number of likely N-dealkylation sites (N-methyl/N-ethyl adjacent to an activating group) is 1. The van der Waals surface area contributed by atoms with Gasteiger partial charge in [0.15, 0.2) is 0 Å². The van der Waals surface area contributed by atoms with Crippen molar-refractivity contribution in [1.82, 2.24) is 0 Å². The molecular weight excluding hydrogens is 549 g/mol. The Labute approximate surface area is 246 Å². The normalized spacial score (nSPS) is 16.2. The van der Waals surface area contributed by atoms with E-state index >= 15 is 0 Å². The van der Waals surface area contributed by atoms with Gasteiger partial charge in [-0.15, -0.1) is 0 Å². The molecule has 0 aromatic rings. The molecule has 10 nitrogen and oxygen atoms in total. The van der Waals surface area contributed by atoms with Crippen LogP contribution in [0, 0.1) is 0 Å². The second-order valence-electron chi connectivity index (χ2n) is 10.2. The van der Waals surface area contributed by atoms with E-state index in [4.69, 9.17) is 14.5 Å². The van der Waals surface area contributed by atoms with E-state index in [1.807, 2.05) is 75.8 Å². The standard InChI is InChI=1S/C30H50NO9P/c1-5-6-18-21-29(40-34)22-19-16-14-12-10-8-7-9-11-13-15-17-20-23-30(33)37-26-28(32)27-39-41(35,36)38-25-24-31(2,3)4/h6,8-11,14-19,22,28-29,32H,5,7,12-13,20-21,23-27H2,1-4H3,(H-,34,35,36)/b10-8-,11-9-,16-14-,17-15-,18-6-,22-19-/t28-,29+/m1/s1. The second kappa shape index (κ2) is 24.5. The van der Waals surface area contributed by atoms with Crippen LogP contribution >= 0.6 is 7.82 Å². The Kier molecular flexibility index (Phi) is 23.2. The van der Waals surface area contributed by atoms with Crippen LogP contribution in [0.3, 0.4) is 0 Å². The molecule has 2 N–H and O–H groups in total. The number of allylic oxidation sites excluding steroid dienone is 10. The van der Waals surface area contributed by atoms with Crippen molar-refractivity contribution < 1.29 is 47.8 Å². The van der Waals surface area contributed by atoms with Gasteiger partial charge in [0.05, 0.1) is 27.7 Å². The summed E-state index contributed by atoms with van der Waals surface area (Å²) >= 11 is 0. The van der Waals surface area contributed by atoms with Gasteiger partial charge in [-0.05, 0) is 38.5 Å². The van der Waals surface area contributed by atoms with E-state index in [1.165, 1.54) is 0 Å². The number of ether oxygens (including phenoxy) is 1. The van der Waals surface area contributed by atoms with Crippen molar-refractivity contribution in [3.05, 3.63) is 72.9 Å². The first kappa shape index (κ1) is 38.9. The van der Waals surface area contributed by atoms with Crippen LogP contribution in [-0.2, 0) is 28.0 Å². The molecule has 0 aliphatic heterocycles. The average Bonchev–Trinajstić information content (AvgIpc) is 2.91. The summed E-state index contributed by atoms with van der Waals surface area (Å²) in [6, 6.07) is 0. The van der Waals surface area contributed by atoms with Crippen LogP contribution < -0.4 is 4.89 Å². The van der Waals surface area contributed by atoms with E-state index in [0.29, 0.717) is 23.9 Å². The SMILES string of the molecule is CC/C=C\C[C@@H](/C=C\C=C/C/C=C\C/C=C\C/C=C\CCC(=O)OC[C@@H](O)COP(=O)([O-])OCC[N+](C)(C)C)OO. The predicted octanol–water partition coefficient (Wildman–Crippen LogP) is 5.04. The number of aliphatic hydroxyl groups excluding tert-OH is 1. The summed E-state index contributed by atoms with van der Waals surface area (Å²) in [5.41, 5.74) is 0. The van der Waals surface area contributed by atoms with E-state index in [-0.39, 0.29) is 25.7 Å². The molecule has 0 fully saturated rings. The van der Waals surface area contributed by atoms with E-state index in [9.17, 15) is 19.4 Å². The monoisotopic (exact) mass is 599 g/mol. The van der Waals surface area contributed by atoms with Gasteiger partial charge in [-0.3, -0.25) is 14.6 Å². The molecule has 0 heterocycles. The lowest BCUT2D eigenvalue weighted by Gasteiger charge is -2.27. The fourth-order valence-electron chi connectivity index (χ4n) is 2.89. The molecule has 0 radical (unpaired) electrons. The molecule has 3 atom stereocenters. The van der Waals surface area contributed by atoms with E-state index in [2.05, 4.69) is 34.6 Å². The highest BCUT2D eigenvalue weighted by Crippen LogP contribution is 2.38. The highest BCUT2D eigenvalue weighted by Gasteiger charge is 2.16. The topological polar surface area (TPSA) is 135 Å². The number of phosphoric acid groups is 1. The van der Waals surface area contributed by atoms with Crippen molar-refractivity contribution in [1.29, 1.82) is 0 Å². The third-order valence-corrected chi connectivity index (χ3v) is 6.15. The van der Waals surface area contributed by atoms with Gasteiger partial charge in [0, 0.05) is 6.42 Å². The number of phosphoric ester groups is 1. The van der Waals surface area contributed by atoms with Crippen LogP contribution in [0.2, 0.25) is 0 Å². The molecule has 0 aliphatic rings. The molecule has 11 heteroatoms. The zero-order valence-corrected chi connectivity index (χ0v) is 25.9. The summed E-state index contributed by atoms with van der Waals surface area (Å²) in [6.45, 7) is 1.58. The van der Waals surface area contributed by atoms with Gasteiger partial charge in [0.2, 0.25) is 0 Å². The Morgan fingerprint density at radius 1 is 0.902 bits per heavy atom. The molecule has 0 amide bonds. The Hall–Kier alpha value is -2.14. The summed E-state index contributed by atoms with van der Waals surface area (Å²) in [6.07, 6.45) is 26.7. The molecule has 0 spiro atoms. The molecule has 0 aromatic heterocycles. The summed E-state index contributed by atoms with van der Waals surface area (Å²) in [7, 11) is 1.16. The molecule has 0 rings (SSSR count). The quantitative estimate of drug-likeness (QED) is 0.0297. The third kappa shape index (κ3) is 27.8.